The minimum Gasteiger partial charge on any atom is -0.381 e. The standard InChI is InChI=1S/C11H17NOS/c1-9(11-3-2-8-14-11)12-10-4-6-13-7-5-10/h2-3,8-10,12H,4-7H2,1H3/t9-/m0/s1. The van der Waals surface area contributed by atoms with Crippen LogP contribution in [0.25, 0.3) is 0 Å². The van der Waals surface area contributed by atoms with Gasteiger partial charge in [-0.2, -0.15) is 0 Å². The largest absolute Gasteiger partial charge is 0.381 e. The Morgan fingerprint density at radius 1 is 1.50 bits per heavy atom. The monoisotopic (exact) mass is 211 g/mol. The summed E-state index contributed by atoms with van der Waals surface area (Å²) in [6.45, 7) is 4.06. The van der Waals surface area contributed by atoms with Crippen molar-refractivity contribution in [2.75, 3.05) is 13.2 Å². The highest BCUT2D eigenvalue weighted by molar-refractivity contribution is 7.10. The number of hydrogen-bond donors (Lipinski definition) is 1. The lowest BCUT2D eigenvalue weighted by atomic mass is 10.1. The van der Waals surface area contributed by atoms with E-state index in [0.717, 1.165) is 26.1 Å². The lowest BCUT2D eigenvalue weighted by molar-refractivity contribution is 0.0755. The number of ether oxygens (including phenoxy) is 1. The van der Waals surface area contributed by atoms with Crippen LogP contribution in [0.5, 0.6) is 0 Å². The van der Waals surface area contributed by atoms with Gasteiger partial charge in [0, 0.05) is 30.2 Å². The van der Waals surface area contributed by atoms with E-state index in [1.54, 1.807) is 0 Å². The van der Waals surface area contributed by atoms with E-state index in [1.807, 2.05) is 11.3 Å². The Hall–Kier alpha value is -0.380. The quantitative estimate of drug-likeness (QED) is 0.829. The molecule has 1 atom stereocenters. The van der Waals surface area contributed by atoms with Crippen LogP contribution < -0.4 is 5.32 Å². The van der Waals surface area contributed by atoms with E-state index >= 15 is 0 Å². The molecule has 0 radical (unpaired) electrons. The molecule has 0 bridgehead atoms. The summed E-state index contributed by atoms with van der Waals surface area (Å²) in [6, 6.07) is 5.43. The fourth-order valence-electron chi connectivity index (χ4n) is 1.84. The second-order valence-electron chi connectivity index (χ2n) is 3.79. The number of nitrogens with one attached hydrogen (secondary N) is 1. The summed E-state index contributed by atoms with van der Waals surface area (Å²) < 4.78 is 5.33. The van der Waals surface area contributed by atoms with E-state index in [9.17, 15) is 0 Å². The summed E-state index contributed by atoms with van der Waals surface area (Å²) in [5.74, 6) is 0. The molecule has 1 fully saturated rings. The van der Waals surface area contributed by atoms with E-state index < -0.39 is 0 Å². The number of thiophene rings is 1. The van der Waals surface area contributed by atoms with Crippen LogP contribution in [0.1, 0.15) is 30.7 Å². The average molecular weight is 211 g/mol. The van der Waals surface area contributed by atoms with Crippen LogP contribution >= 0.6 is 11.3 Å². The molecule has 1 aliphatic heterocycles. The molecule has 0 amide bonds. The molecule has 0 aromatic carbocycles. The Bertz CT molecular complexity index is 254. The fourth-order valence-corrected chi connectivity index (χ4v) is 2.58. The van der Waals surface area contributed by atoms with Gasteiger partial charge in [0.05, 0.1) is 0 Å². The molecule has 2 heterocycles. The van der Waals surface area contributed by atoms with Gasteiger partial charge < -0.3 is 10.1 Å². The van der Waals surface area contributed by atoms with Gasteiger partial charge in [-0.1, -0.05) is 6.07 Å². The molecule has 3 heteroatoms. The van der Waals surface area contributed by atoms with E-state index in [2.05, 4.69) is 29.8 Å². The molecule has 2 nitrogen and oxygen atoms in total. The molecule has 0 saturated carbocycles. The van der Waals surface area contributed by atoms with Gasteiger partial charge in [0.15, 0.2) is 0 Å². The minimum absolute atomic E-state index is 0.484. The summed E-state index contributed by atoms with van der Waals surface area (Å²) in [6.07, 6.45) is 2.30. The smallest absolute Gasteiger partial charge is 0.0480 e. The first-order chi connectivity index (χ1) is 6.86. The summed E-state index contributed by atoms with van der Waals surface area (Å²) in [5, 5.41) is 5.79. The molecule has 2 rings (SSSR count). The van der Waals surface area contributed by atoms with Gasteiger partial charge in [0.1, 0.15) is 0 Å². The zero-order valence-corrected chi connectivity index (χ0v) is 9.35. The van der Waals surface area contributed by atoms with E-state index in [0.29, 0.717) is 12.1 Å². The molecule has 0 spiro atoms. The first-order valence-corrected chi connectivity index (χ1v) is 6.11. The molecule has 14 heavy (non-hydrogen) atoms. The molecule has 1 aromatic heterocycles. The van der Waals surface area contributed by atoms with E-state index in [1.165, 1.54) is 4.88 Å². The van der Waals surface area contributed by atoms with Crippen molar-refractivity contribution in [3.63, 3.8) is 0 Å². The van der Waals surface area contributed by atoms with Gasteiger partial charge in [-0.3, -0.25) is 0 Å². The van der Waals surface area contributed by atoms with Crippen molar-refractivity contribution in [1.82, 2.24) is 5.32 Å². The fraction of sp³-hybridized carbons (Fsp3) is 0.636. The van der Waals surface area contributed by atoms with Crippen molar-refractivity contribution in [2.45, 2.75) is 31.8 Å². The van der Waals surface area contributed by atoms with Crippen LogP contribution in [0.4, 0.5) is 0 Å². The van der Waals surface area contributed by atoms with Crippen molar-refractivity contribution in [3.8, 4) is 0 Å². The molecule has 1 aliphatic rings. The minimum atomic E-state index is 0.484. The zero-order valence-electron chi connectivity index (χ0n) is 8.53. The third kappa shape index (κ3) is 2.56. The lowest BCUT2D eigenvalue weighted by Gasteiger charge is -2.26. The maximum atomic E-state index is 5.33. The summed E-state index contributed by atoms with van der Waals surface area (Å²) >= 11 is 1.83. The highest BCUT2D eigenvalue weighted by Crippen LogP contribution is 2.20. The Morgan fingerprint density at radius 2 is 2.29 bits per heavy atom. The third-order valence-electron chi connectivity index (χ3n) is 2.68. The van der Waals surface area contributed by atoms with Crippen molar-refractivity contribution in [2.24, 2.45) is 0 Å². The average Bonchev–Trinajstić information content (AvgIpc) is 2.72. The molecule has 1 saturated heterocycles. The molecule has 0 unspecified atom stereocenters. The Morgan fingerprint density at radius 3 is 2.93 bits per heavy atom. The number of rotatable bonds is 3. The van der Waals surface area contributed by atoms with Crippen LogP contribution in [-0.4, -0.2) is 19.3 Å². The van der Waals surface area contributed by atoms with Crippen LogP contribution in [0.3, 0.4) is 0 Å². The first kappa shape index (κ1) is 10.1. The number of hydrogen-bond acceptors (Lipinski definition) is 3. The molecule has 1 aromatic rings. The van der Waals surface area contributed by atoms with Gasteiger partial charge in [-0.25, -0.2) is 0 Å². The van der Waals surface area contributed by atoms with Gasteiger partial charge >= 0.3 is 0 Å². The zero-order chi connectivity index (χ0) is 9.80. The normalized spacial score (nSPS) is 20.9. The summed E-state index contributed by atoms with van der Waals surface area (Å²) in [7, 11) is 0. The van der Waals surface area contributed by atoms with Gasteiger partial charge in [0.25, 0.3) is 0 Å². The van der Waals surface area contributed by atoms with Crippen molar-refractivity contribution in [1.29, 1.82) is 0 Å². The Labute approximate surface area is 89.3 Å². The summed E-state index contributed by atoms with van der Waals surface area (Å²) in [4.78, 5) is 1.43. The Kier molecular flexibility index (Phi) is 3.56. The van der Waals surface area contributed by atoms with Crippen LogP contribution in [0.2, 0.25) is 0 Å². The van der Waals surface area contributed by atoms with Gasteiger partial charge in [-0.15, -0.1) is 11.3 Å². The summed E-state index contributed by atoms with van der Waals surface area (Å²) in [5.41, 5.74) is 0. The molecular weight excluding hydrogens is 194 g/mol. The predicted octanol–water partition coefficient (Wildman–Crippen LogP) is 2.58. The topological polar surface area (TPSA) is 21.3 Å². The van der Waals surface area contributed by atoms with Crippen molar-refractivity contribution >= 4 is 11.3 Å². The third-order valence-corrected chi connectivity index (χ3v) is 3.73. The second-order valence-corrected chi connectivity index (χ2v) is 4.77. The predicted molar refractivity (Wildman–Crippen MR) is 59.7 cm³/mol. The van der Waals surface area contributed by atoms with Gasteiger partial charge in [0.2, 0.25) is 0 Å². The van der Waals surface area contributed by atoms with E-state index in [-0.39, 0.29) is 0 Å². The van der Waals surface area contributed by atoms with Crippen LogP contribution in [0, 0.1) is 0 Å². The molecule has 1 N–H and O–H groups in total. The maximum absolute atomic E-state index is 5.33. The van der Waals surface area contributed by atoms with Crippen LogP contribution in [-0.2, 0) is 4.74 Å². The molecule has 0 aliphatic carbocycles. The highest BCUT2D eigenvalue weighted by Gasteiger charge is 2.16. The molecule has 78 valence electrons. The van der Waals surface area contributed by atoms with Crippen molar-refractivity contribution in [3.05, 3.63) is 22.4 Å². The Balaban J connectivity index is 1.84. The van der Waals surface area contributed by atoms with Gasteiger partial charge in [-0.05, 0) is 31.2 Å². The molecular formula is C11H17NOS. The maximum Gasteiger partial charge on any atom is 0.0480 e. The highest BCUT2D eigenvalue weighted by atomic mass is 32.1. The SMILES string of the molecule is C[C@H](NC1CCOCC1)c1cccs1. The second kappa shape index (κ2) is 4.91. The lowest BCUT2D eigenvalue weighted by Crippen LogP contribution is -2.36. The first-order valence-electron chi connectivity index (χ1n) is 5.23. The van der Waals surface area contributed by atoms with E-state index in [4.69, 9.17) is 4.74 Å². The van der Waals surface area contributed by atoms with Crippen LogP contribution in [0.15, 0.2) is 17.5 Å². The van der Waals surface area contributed by atoms with Crippen molar-refractivity contribution < 1.29 is 4.74 Å².